The van der Waals surface area contributed by atoms with Crippen molar-refractivity contribution in [1.82, 2.24) is 15.3 Å². The quantitative estimate of drug-likeness (QED) is 0.339. The lowest BCUT2D eigenvalue weighted by atomic mass is 10.2. The number of amides is 1. The van der Waals surface area contributed by atoms with Crippen LogP contribution in [0, 0.1) is 0 Å². The highest BCUT2D eigenvalue weighted by Gasteiger charge is 2.27. The summed E-state index contributed by atoms with van der Waals surface area (Å²) in [4.78, 5) is 32.0. The average Bonchev–Trinajstić information content (AvgIpc) is 3.36. The molecular formula is C24H30ClN7O3. The highest BCUT2D eigenvalue weighted by molar-refractivity contribution is 6.32. The van der Waals surface area contributed by atoms with Crippen molar-refractivity contribution in [3.05, 3.63) is 52.8 Å². The van der Waals surface area contributed by atoms with Crippen LogP contribution in [0.15, 0.2) is 46.7 Å². The van der Waals surface area contributed by atoms with Gasteiger partial charge in [0.25, 0.3) is 5.91 Å². The number of nitrogens with one attached hydrogen (secondary N) is 2. The zero-order valence-electron chi connectivity index (χ0n) is 19.9. The van der Waals surface area contributed by atoms with E-state index in [1.807, 2.05) is 17.9 Å². The summed E-state index contributed by atoms with van der Waals surface area (Å²) < 4.78 is 5.21. The maximum Gasteiger partial charge on any atom is 0.256 e. The number of hydrogen-bond acceptors (Lipinski definition) is 8. The number of aliphatic hydroxyl groups is 1. The van der Waals surface area contributed by atoms with E-state index in [1.54, 1.807) is 31.5 Å². The number of halogens is 1. The molecule has 2 aromatic rings. The SMILES string of the molecule is C=NC(CNC(=O)c1cnc(N2CCC[C@H]2CO)nc1NCc1ccc(OC)c(Cl)c1)=N/C=C\C. The molecule has 1 fully saturated rings. The molecule has 11 heteroatoms. The van der Waals surface area contributed by atoms with Crippen LogP contribution in [-0.2, 0) is 6.54 Å². The summed E-state index contributed by atoms with van der Waals surface area (Å²) in [5, 5.41) is 16.2. The van der Waals surface area contributed by atoms with Crippen LogP contribution in [0.3, 0.4) is 0 Å². The van der Waals surface area contributed by atoms with Crippen LogP contribution in [0.1, 0.15) is 35.7 Å². The number of rotatable bonds is 10. The number of aliphatic imine (C=N–C) groups is 2. The van der Waals surface area contributed by atoms with Gasteiger partial charge >= 0.3 is 0 Å². The minimum absolute atomic E-state index is 0.0155. The first kappa shape index (κ1) is 26.1. The molecule has 1 aromatic heterocycles. The Hall–Kier alpha value is -3.50. The van der Waals surface area contributed by atoms with Crippen molar-refractivity contribution in [2.45, 2.75) is 32.4 Å². The fraction of sp³-hybridized carbons (Fsp3) is 0.375. The molecule has 1 aromatic carbocycles. The van der Waals surface area contributed by atoms with Crippen LogP contribution in [0.25, 0.3) is 0 Å². The molecule has 10 nitrogen and oxygen atoms in total. The Balaban J connectivity index is 1.85. The lowest BCUT2D eigenvalue weighted by Gasteiger charge is -2.24. The molecule has 35 heavy (non-hydrogen) atoms. The van der Waals surface area contributed by atoms with E-state index < -0.39 is 0 Å². The molecule has 0 spiro atoms. The van der Waals surface area contributed by atoms with Crippen LogP contribution >= 0.6 is 11.6 Å². The molecule has 0 unspecified atom stereocenters. The number of nitrogens with zero attached hydrogens (tertiary/aromatic N) is 5. The minimum Gasteiger partial charge on any atom is -0.495 e. The normalized spacial score (nSPS) is 15.9. The van der Waals surface area contributed by atoms with E-state index in [2.05, 4.69) is 37.3 Å². The second kappa shape index (κ2) is 12.8. The number of amidine groups is 1. The van der Waals surface area contributed by atoms with E-state index in [-0.39, 0.29) is 30.7 Å². The largest absolute Gasteiger partial charge is 0.495 e. The van der Waals surface area contributed by atoms with Crippen LogP contribution in [0.4, 0.5) is 11.8 Å². The van der Waals surface area contributed by atoms with Crippen molar-refractivity contribution in [1.29, 1.82) is 0 Å². The van der Waals surface area contributed by atoms with Gasteiger partial charge in [0.2, 0.25) is 5.95 Å². The van der Waals surface area contributed by atoms with Crippen molar-refractivity contribution in [3.8, 4) is 5.75 Å². The van der Waals surface area contributed by atoms with Gasteiger partial charge in [-0.25, -0.2) is 15.0 Å². The monoisotopic (exact) mass is 499 g/mol. The highest BCUT2D eigenvalue weighted by atomic mass is 35.5. The van der Waals surface area contributed by atoms with Crippen LogP contribution in [0.5, 0.6) is 5.75 Å². The van der Waals surface area contributed by atoms with Crippen LogP contribution in [0.2, 0.25) is 5.02 Å². The summed E-state index contributed by atoms with van der Waals surface area (Å²) in [5.74, 6) is 1.39. The average molecular weight is 500 g/mol. The summed E-state index contributed by atoms with van der Waals surface area (Å²) in [6, 6.07) is 5.40. The van der Waals surface area contributed by atoms with E-state index >= 15 is 0 Å². The summed E-state index contributed by atoms with van der Waals surface area (Å²) >= 11 is 6.25. The Morgan fingerprint density at radius 3 is 2.97 bits per heavy atom. The topological polar surface area (TPSA) is 124 Å². The molecule has 186 valence electrons. The number of aromatic nitrogens is 2. The molecule has 3 N–H and O–H groups in total. The lowest BCUT2D eigenvalue weighted by molar-refractivity contribution is 0.0959. The van der Waals surface area contributed by atoms with Gasteiger partial charge in [-0.2, -0.15) is 4.98 Å². The van der Waals surface area contributed by atoms with Crippen molar-refractivity contribution in [3.63, 3.8) is 0 Å². The first-order valence-electron chi connectivity index (χ1n) is 11.2. The van der Waals surface area contributed by atoms with E-state index in [4.69, 9.17) is 16.3 Å². The third-order valence-corrected chi connectivity index (χ3v) is 5.80. The van der Waals surface area contributed by atoms with Gasteiger partial charge in [-0.05, 0) is 44.2 Å². The number of hydrogen-bond donors (Lipinski definition) is 3. The molecule has 1 aliphatic heterocycles. The second-order valence-corrected chi connectivity index (χ2v) is 8.20. The first-order valence-corrected chi connectivity index (χ1v) is 11.6. The minimum atomic E-state index is -0.385. The van der Waals surface area contributed by atoms with Gasteiger partial charge in [0.1, 0.15) is 23.0 Å². The fourth-order valence-corrected chi connectivity index (χ4v) is 3.94. The molecule has 0 aliphatic carbocycles. The zero-order chi connectivity index (χ0) is 25.2. The van der Waals surface area contributed by atoms with E-state index in [0.717, 1.165) is 24.9 Å². The molecule has 1 aliphatic rings. The van der Waals surface area contributed by atoms with Crippen LogP contribution < -0.4 is 20.3 Å². The van der Waals surface area contributed by atoms with Crippen LogP contribution in [-0.4, -0.2) is 66.4 Å². The molecule has 1 amide bonds. The molecule has 1 saturated heterocycles. The number of carbonyl (C=O) groups excluding carboxylic acids is 1. The maximum absolute atomic E-state index is 13.0. The molecule has 0 bridgehead atoms. The van der Waals surface area contributed by atoms with Crippen molar-refractivity contribution in [2.75, 3.05) is 37.0 Å². The summed E-state index contributed by atoms with van der Waals surface area (Å²) in [5.41, 5.74) is 1.15. The number of benzene rings is 1. The molecule has 1 atom stereocenters. The number of anilines is 2. The third kappa shape index (κ3) is 6.77. The summed E-state index contributed by atoms with van der Waals surface area (Å²) in [7, 11) is 1.56. The summed E-state index contributed by atoms with van der Waals surface area (Å²) in [6.45, 7) is 6.53. The number of ether oxygens (including phenoxy) is 1. The Kier molecular flexibility index (Phi) is 9.56. The van der Waals surface area contributed by atoms with E-state index in [1.165, 1.54) is 6.20 Å². The summed E-state index contributed by atoms with van der Waals surface area (Å²) in [6.07, 6.45) is 6.61. The predicted octanol–water partition coefficient (Wildman–Crippen LogP) is 3.07. The van der Waals surface area contributed by atoms with E-state index in [0.29, 0.717) is 34.9 Å². The van der Waals surface area contributed by atoms with E-state index in [9.17, 15) is 9.90 Å². The smallest absolute Gasteiger partial charge is 0.256 e. The van der Waals surface area contributed by atoms with Crippen molar-refractivity contribution >= 4 is 41.8 Å². The third-order valence-electron chi connectivity index (χ3n) is 5.50. The van der Waals surface area contributed by atoms with Gasteiger partial charge in [-0.15, -0.1) is 0 Å². The van der Waals surface area contributed by atoms with Gasteiger partial charge in [0.15, 0.2) is 0 Å². The predicted molar refractivity (Wildman–Crippen MR) is 139 cm³/mol. The highest BCUT2D eigenvalue weighted by Crippen LogP contribution is 2.27. The Bertz CT molecular complexity index is 1110. The van der Waals surface area contributed by atoms with Gasteiger partial charge < -0.3 is 25.4 Å². The van der Waals surface area contributed by atoms with Crippen molar-refractivity contribution in [2.24, 2.45) is 9.98 Å². The Morgan fingerprint density at radius 2 is 2.29 bits per heavy atom. The number of methoxy groups -OCH3 is 1. The first-order chi connectivity index (χ1) is 17.0. The number of aliphatic hydroxyl groups excluding tert-OH is 1. The van der Waals surface area contributed by atoms with Gasteiger partial charge in [-0.3, -0.25) is 4.79 Å². The van der Waals surface area contributed by atoms with Crippen molar-refractivity contribution < 1.29 is 14.6 Å². The molecular weight excluding hydrogens is 470 g/mol. The Morgan fingerprint density at radius 1 is 1.46 bits per heavy atom. The maximum atomic E-state index is 13.0. The van der Waals surface area contributed by atoms with Gasteiger partial charge in [-0.1, -0.05) is 23.7 Å². The molecule has 0 radical (unpaired) electrons. The number of carbonyl (C=O) groups is 1. The lowest BCUT2D eigenvalue weighted by Crippen LogP contribution is -2.34. The fourth-order valence-electron chi connectivity index (χ4n) is 3.66. The number of allylic oxidation sites excluding steroid dienone is 1. The molecule has 0 saturated carbocycles. The standard InChI is InChI=1S/C24H30ClN7O3/c1-4-9-27-21(26-2)14-29-23(34)18-13-30-24(32-10-5-6-17(32)15-33)31-22(18)28-12-16-7-8-20(35-3)19(25)11-16/h4,7-9,11,13,17,33H,2,5-6,10,12,14-15H2,1,3H3,(H,29,34)(H,28,30,31)/b9-4-,27-21?/t17-/m0/s1. The zero-order valence-corrected chi connectivity index (χ0v) is 20.6. The molecule has 2 heterocycles. The molecule has 3 rings (SSSR count). The second-order valence-electron chi connectivity index (χ2n) is 7.80. The van der Waals surface area contributed by atoms with Gasteiger partial charge in [0.05, 0.1) is 31.3 Å². The Labute approximate surface area is 209 Å². The van der Waals surface area contributed by atoms with Gasteiger partial charge in [0, 0.05) is 25.5 Å².